The Labute approximate surface area is 151 Å². The van der Waals surface area contributed by atoms with Crippen LogP contribution in [-0.2, 0) is 14.4 Å². The van der Waals surface area contributed by atoms with Crippen LogP contribution in [0.5, 0.6) is 5.75 Å². The van der Waals surface area contributed by atoms with Crippen LogP contribution in [0.4, 0.5) is 4.39 Å². The van der Waals surface area contributed by atoms with E-state index in [1.165, 1.54) is 29.0 Å². The first-order chi connectivity index (χ1) is 12.3. The highest BCUT2D eigenvalue weighted by molar-refractivity contribution is 5.85. The Morgan fingerprint density at radius 3 is 2.81 bits per heavy atom. The maximum atomic E-state index is 13.6. The molecule has 8 heteroatoms. The molecule has 1 unspecified atom stereocenters. The number of benzene rings is 1. The lowest BCUT2D eigenvalue weighted by molar-refractivity contribution is -0.147. The maximum Gasteiger partial charge on any atom is 0.308 e. The van der Waals surface area contributed by atoms with Gasteiger partial charge in [0.2, 0.25) is 5.91 Å². The third-order valence-electron chi connectivity index (χ3n) is 4.36. The summed E-state index contributed by atoms with van der Waals surface area (Å²) in [7, 11) is 1.45. The molecule has 0 aliphatic carbocycles. The summed E-state index contributed by atoms with van der Waals surface area (Å²) < 4.78 is 18.8. The molecule has 1 fully saturated rings. The number of piperidine rings is 1. The molecule has 1 aromatic carbocycles. The molecule has 1 heterocycles. The molecule has 0 aromatic heterocycles. The minimum absolute atomic E-state index is 0.0154. The van der Waals surface area contributed by atoms with Crippen molar-refractivity contribution in [2.75, 3.05) is 33.3 Å². The molecule has 1 atom stereocenters. The molecule has 142 valence electrons. The number of aryl methyl sites for hydroxylation is 1. The second-order valence-electron chi connectivity index (χ2n) is 6.49. The van der Waals surface area contributed by atoms with Crippen molar-refractivity contribution >= 4 is 17.8 Å². The van der Waals surface area contributed by atoms with E-state index in [4.69, 9.17) is 9.84 Å². The highest BCUT2D eigenvalue weighted by Gasteiger charge is 2.29. The van der Waals surface area contributed by atoms with Crippen LogP contribution in [-0.4, -0.2) is 66.0 Å². The van der Waals surface area contributed by atoms with Gasteiger partial charge in [0, 0.05) is 20.1 Å². The second kappa shape index (κ2) is 8.64. The predicted molar refractivity (Wildman–Crippen MR) is 91.2 cm³/mol. The molecular formula is C18H23FN2O5. The SMILES string of the molecule is Cc1ccc(F)c(OCC(=O)N(C)CC(=O)N2CCCC(C(=O)O)C2)c1. The lowest BCUT2D eigenvalue weighted by atomic mass is 9.98. The summed E-state index contributed by atoms with van der Waals surface area (Å²) in [6, 6.07) is 4.35. The van der Waals surface area contributed by atoms with Gasteiger partial charge in [-0.3, -0.25) is 14.4 Å². The molecule has 7 nitrogen and oxygen atoms in total. The molecule has 1 aromatic rings. The summed E-state index contributed by atoms with van der Waals surface area (Å²) in [5, 5.41) is 9.08. The first-order valence-electron chi connectivity index (χ1n) is 8.41. The molecule has 0 saturated carbocycles. The van der Waals surface area contributed by atoms with Crippen molar-refractivity contribution in [2.45, 2.75) is 19.8 Å². The monoisotopic (exact) mass is 366 g/mol. The number of hydrogen-bond donors (Lipinski definition) is 1. The van der Waals surface area contributed by atoms with Gasteiger partial charge < -0.3 is 19.6 Å². The van der Waals surface area contributed by atoms with Crippen molar-refractivity contribution in [3.8, 4) is 5.75 Å². The minimum atomic E-state index is -0.916. The van der Waals surface area contributed by atoms with Gasteiger partial charge in [0.25, 0.3) is 5.91 Å². The normalized spacial score (nSPS) is 16.9. The van der Waals surface area contributed by atoms with Crippen LogP contribution >= 0.6 is 0 Å². The lowest BCUT2D eigenvalue weighted by Gasteiger charge is -2.32. The molecule has 1 N–H and O–H groups in total. The van der Waals surface area contributed by atoms with E-state index in [-0.39, 0.29) is 31.4 Å². The number of carbonyl (C=O) groups is 3. The summed E-state index contributed by atoms with van der Waals surface area (Å²) in [5.41, 5.74) is 0.801. The highest BCUT2D eigenvalue weighted by Crippen LogP contribution is 2.19. The summed E-state index contributed by atoms with van der Waals surface area (Å²) >= 11 is 0. The minimum Gasteiger partial charge on any atom is -0.481 e. The summed E-state index contributed by atoms with van der Waals surface area (Å²) in [5.74, 6) is -2.84. The predicted octanol–water partition coefficient (Wildman–Crippen LogP) is 1.29. The Hall–Kier alpha value is -2.64. The molecule has 0 radical (unpaired) electrons. The van der Waals surface area contributed by atoms with Gasteiger partial charge >= 0.3 is 5.97 Å². The van der Waals surface area contributed by atoms with Crippen molar-refractivity contribution in [1.29, 1.82) is 0 Å². The summed E-state index contributed by atoms with van der Waals surface area (Å²) in [6.07, 6.45) is 1.17. The average molecular weight is 366 g/mol. The molecule has 0 bridgehead atoms. The fourth-order valence-corrected chi connectivity index (χ4v) is 2.77. The highest BCUT2D eigenvalue weighted by atomic mass is 19.1. The Morgan fingerprint density at radius 2 is 2.12 bits per heavy atom. The smallest absolute Gasteiger partial charge is 0.308 e. The van der Waals surface area contributed by atoms with Gasteiger partial charge in [0.05, 0.1) is 12.5 Å². The third kappa shape index (κ3) is 5.18. The number of nitrogens with zero attached hydrogens (tertiary/aromatic N) is 2. The van der Waals surface area contributed by atoms with Crippen LogP contribution in [0.3, 0.4) is 0 Å². The van der Waals surface area contributed by atoms with Crippen molar-refractivity contribution in [3.05, 3.63) is 29.6 Å². The fourth-order valence-electron chi connectivity index (χ4n) is 2.77. The van der Waals surface area contributed by atoms with Crippen molar-refractivity contribution in [2.24, 2.45) is 5.92 Å². The maximum absolute atomic E-state index is 13.6. The number of carboxylic acids is 1. The summed E-state index contributed by atoms with van der Waals surface area (Å²) in [6.45, 7) is 1.85. The number of carbonyl (C=O) groups excluding carboxylic acids is 2. The number of likely N-dealkylation sites (tertiary alicyclic amines) is 1. The Morgan fingerprint density at radius 1 is 1.38 bits per heavy atom. The largest absolute Gasteiger partial charge is 0.481 e. The van der Waals surface area contributed by atoms with Crippen molar-refractivity contribution in [1.82, 2.24) is 9.80 Å². The number of halogens is 1. The molecule has 1 aliphatic rings. The zero-order chi connectivity index (χ0) is 19.3. The number of hydrogen-bond acceptors (Lipinski definition) is 4. The van der Waals surface area contributed by atoms with E-state index in [2.05, 4.69) is 0 Å². The van der Waals surface area contributed by atoms with Gasteiger partial charge in [-0.25, -0.2) is 4.39 Å². The topological polar surface area (TPSA) is 87.2 Å². The Bertz CT molecular complexity index is 694. The van der Waals surface area contributed by atoms with Crippen LogP contribution < -0.4 is 4.74 Å². The number of likely N-dealkylation sites (N-methyl/N-ethyl adjacent to an activating group) is 1. The number of carboxylic acid groups (broad SMARTS) is 1. The summed E-state index contributed by atoms with van der Waals surface area (Å²) in [4.78, 5) is 38.1. The van der Waals surface area contributed by atoms with Crippen LogP contribution in [0, 0.1) is 18.7 Å². The average Bonchev–Trinajstić information content (AvgIpc) is 2.62. The van der Waals surface area contributed by atoms with E-state index < -0.39 is 23.6 Å². The van der Waals surface area contributed by atoms with E-state index in [0.717, 1.165) is 5.56 Å². The zero-order valence-electron chi connectivity index (χ0n) is 14.9. The quantitative estimate of drug-likeness (QED) is 0.820. The van der Waals surface area contributed by atoms with Crippen molar-refractivity contribution < 1.29 is 28.6 Å². The first-order valence-corrected chi connectivity index (χ1v) is 8.41. The van der Waals surface area contributed by atoms with E-state index >= 15 is 0 Å². The van der Waals surface area contributed by atoms with Crippen LogP contribution in [0.1, 0.15) is 18.4 Å². The zero-order valence-corrected chi connectivity index (χ0v) is 14.9. The van der Waals surface area contributed by atoms with Gasteiger partial charge in [0.1, 0.15) is 0 Å². The number of amides is 2. The lowest BCUT2D eigenvalue weighted by Crippen LogP contribution is -2.47. The van der Waals surface area contributed by atoms with E-state index in [1.807, 2.05) is 0 Å². The molecule has 1 aliphatic heterocycles. The molecule has 1 saturated heterocycles. The Balaban J connectivity index is 1.85. The van der Waals surface area contributed by atoms with Crippen LogP contribution in [0.2, 0.25) is 0 Å². The van der Waals surface area contributed by atoms with E-state index in [9.17, 15) is 18.8 Å². The molecule has 2 amide bonds. The number of ether oxygens (including phenoxy) is 1. The van der Waals surface area contributed by atoms with Gasteiger partial charge in [0.15, 0.2) is 18.2 Å². The van der Waals surface area contributed by atoms with Crippen LogP contribution in [0.15, 0.2) is 18.2 Å². The number of rotatable bonds is 6. The number of aliphatic carboxylic acids is 1. The van der Waals surface area contributed by atoms with Gasteiger partial charge in [-0.05, 0) is 37.5 Å². The van der Waals surface area contributed by atoms with Gasteiger partial charge in [-0.1, -0.05) is 6.07 Å². The molecular weight excluding hydrogens is 343 g/mol. The Kier molecular flexibility index (Phi) is 6.54. The van der Waals surface area contributed by atoms with E-state index in [0.29, 0.717) is 19.4 Å². The van der Waals surface area contributed by atoms with E-state index in [1.54, 1.807) is 13.0 Å². The first kappa shape index (κ1) is 19.7. The molecule has 0 spiro atoms. The van der Waals surface area contributed by atoms with Gasteiger partial charge in [-0.15, -0.1) is 0 Å². The second-order valence-corrected chi connectivity index (χ2v) is 6.49. The standard InChI is InChI=1S/C18H23FN2O5/c1-12-5-6-14(19)15(8-12)26-11-17(23)20(2)10-16(22)21-7-3-4-13(9-21)18(24)25/h5-6,8,13H,3-4,7,9-11H2,1-2H3,(H,24,25). The van der Waals surface area contributed by atoms with Crippen LogP contribution in [0.25, 0.3) is 0 Å². The third-order valence-corrected chi connectivity index (χ3v) is 4.36. The fraction of sp³-hybridized carbons (Fsp3) is 0.500. The van der Waals surface area contributed by atoms with Gasteiger partial charge in [-0.2, -0.15) is 0 Å². The van der Waals surface area contributed by atoms with Crippen molar-refractivity contribution in [3.63, 3.8) is 0 Å². The molecule has 2 rings (SSSR count). The molecule has 26 heavy (non-hydrogen) atoms.